The van der Waals surface area contributed by atoms with E-state index < -0.39 is 0 Å². The fourth-order valence-corrected chi connectivity index (χ4v) is 3.20. The predicted molar refractivity (Wildman–Crippen MR) is 120 cm³/mol. The first kappa shape index (κ1) is 25.5. The molecule has 0 aliphatic heterocycles. The number of methoxy groups -OCH3 is 2. The van der Waals surface area contributed by atoms with Crippen molar-refractivity contribution in [2.75, 3.05) is 67.1 Å². The molecule has 0 N–H and O–H groups in total. The van der Waals surface area contributed by atoms with Gasteiger partial charge < -0.3 is 28.4 Å². The molecule has 0 aliphatic carbocycles. The summed E-state index contributed by atoms with van der Waals surface area (Å²) < 4.78 is 34.0. The van der Waals surface area contributed by atoms with Crippen LogP contribution in [-0.4, -0.2) is 67.1 Å². The van der Waals surface area contributed by atoms with Gasteiger partial charge in [-0.15, -0.1) is 0 Å². The van der Waals surface area contributed by atoms with Crippen molar-refractivity contribution in [3.05, 3.63) is 71.8 Å². The van der Waals surface area contributed by atoms with Crippen molar-refractivity contribution >= 4 is 0 Å². The van der Waals surface area contributed by atoms with Gasteiger partial charge >= 0.3 is 0 Å². The number of hydrogen-bond donors (Lipinski definition) is 0. The van der Waals surface area contributed by atoms with Gasteiger partial charge in [0.1, 0.15) is 0 Å². The van der Waals surface area contributed by atoms with Crippen LogP contribution in [0, 0.1) is 5.41 Å². The Hall–Kier alpha value is -1.80. The lowest BCUT2D eigenvalue weighted by molar-refractivity contribution is -0.103. The van der Waals surface area contributed by atoms with Gasteiger partial charge in [-0.1, -0.05) is 60.7 Å². The highest BCUT2D eigenvalue weighted by molar-refractivity contribution is 5.14. The van der Waals surface area contributed by atoms with Crippen LogP contribution in [-0.2, 0) is 41.6 Å². The summed E-state index contributed by atoms with van der Waals surface area (Å²) in [5, 5.41) is 0. The van der Waals surface area contributed by atoms with Crippen molar-refractivity contribution in [1.82, 2.24) is 0 Å². The lowest BCUT2D eigenvalue weighted by Gasteiger charge is -2.32. The second-order valence-electron chi connectivity index (χ2n) is 7.55. The van der Waals surface area contributed by atoms with Gasteiger partial charge in [0.15, 0.2) is 0 Å². The average molecular weight is 433 g/mol. The summed E-state index contributed by atoms with van der Waals surface area (Å²) in [5.74, 6) is 0. The summed E-state index contributed by atoms with van der Waals surface area (Å²) in [4.78, 5) is 0. The molecule has 6 heteroatoms. The third-order valence-electron chi connectivity index (χ3n) is 4.68. The van der Waals surface area contributed by atoms with Crippen LogP contribution in [0.1, 0.15) is 11.1 Å². The van der Waals surface area contributed by atoms with Crippen molar-refractivity contribution in [1.29, 1.82) is 0 Å². The molecule has 6 nitrogen and oxygen atoms in total. The first-order valence-electron chi connectivity index (χ1n) is 10.6. The molecule has 0 saturated carbocycles. The van der Waals surface area contributed by atoms with Gasteiger partial charge in [-0.25, -0.2) is 0 Å². The largest absolute Gasteiger partial charge is 0.384 e. The van der Waals surface area contributed by atoms with E-state index in [-0.39, 0.29) is 5.41 Å². The van der Waals surface area contributed by atoms with Crippen LogP contribution < -0.4 is 0 Å². The molecule has 0 aliphatic rings. The summed E-state index contributed by atoms with van der Waals surface area (Å²) in [5.41, 5.74) is 1.93. The lowest BCUT2D eigenvalue weighted by atomic mass is 9.92. The van der Waals surface area contributed by atoms with E-state index in [1.165, 1.54) is 0 Å². The van der Waals surface area contributed by atoms with E-state index in [0.717, 1.165) is 11.1 Å². The zero-order valence-electron chi connectivity index (χ0n) is 18.8. The quantitative estimate of drug-likeness (QED) is 0.335. The monoisotopic (exact) mass is 432 g/mol. The van der Waals surface area contributed by atoms with Crippen molar-refractivity contribution in [2.45, 2.75) is 13.2 Å². The Labute approximate surface area is 186 Å². The predicted octanol–water partition coefficient (Wildman–Crippen LogP) is 3.73. The van der Waals surface area contributed by atoms with E-state index in [1.807, 2.05) is 60.7 Å². The normalized spacial score (nSPS) is 11.7. The summed E-state index contributed by atoms with van der Waals surface area (Å²) in [6.07, 6.45) is 0. The van der Waals surface area contributed by atoms with E-state index in [9.17, 15) is 0 Å². The molecule has 0 radical (unpaired) electrons. The van der Waals surface area contributed by atoms with E-state index in [1.54, 1.807) is 14.2 Å². The zero-order chi connectivity index (χ0) is 22.0. The smallest absolute Gasteiger partial charge is 0.0718 e. The summed E-state index contributed by atoms with van der Waals surface area (Å²) in [6.45, 7) is 5.12. The minimum absolute atomic E-state index is 0.373. The molecule has 0 saturated heterocycles. The molecule has 0 amide bonds. The summed E-state index contributed by atoms with van der Waals surface area (Å²) in [6, 6.07) is 20.2. The van der Waals surface area contributed by atoms with E-state index >= 15 is 0 Å². The first-order valence-corrected chi connectivity index (χ1v) is 10.6. The molecule has 2 rings (SSSR count). The van der Waals surface area contributed by atoms with E-state index in [0.29, 0.717) is 66.1 Å². The topological polar surface area (TPSA) is 55.4 Å². The van der Waals surface area contributed by atoms with Gasteiger partial charge in [-0.3, -0.25) is 0 Å². The highest BCUT2D eigenvalue weighted by atomic mass is 16.5. The molecule has 31 heavy (non-hydrogen) atoms. The average Bonchev–Trinajstić information content (AvgIpc) is 2.80. The maximum Gasteiger partial charge on any atom is 0.0718 e. The maximum atomic E-state index is 5.88. The van der Waals surface area contributed by atoms with Gasteiger partial charge in [0.25, 0.3) is 0 Å². The number of rotatable bonds is 18. The summed E-state index contributed by atoms with van der Waals surface area (Å²) in [7, 11) is 3.35. The van der Waals surface area contributed by atoms with Gasteiger partial charge in [0.2, 0.25) is 0 Å². The highest BCUT2D eigenvalue weighted by Crippen LogP contribution is 2.20. The number of hydrogen-bond acceptors (Lipinski definition) is 6. The van der Waals surface area contributed by atoms with Gasteiger partial charge in [-0.05, 0) is 11.1 Å². The minimum Gasteiger partial charge on any atom is -0.384 e. The van der Waals surface area contributed by atoms with Crippen LogP contribution in [0.25, 0.3) is 0 Å². The van der Waals surface area contributed by atoms with Crippen molar-refractivity contribution in [2.24, 2.45) is 5.41 Å². The fourth-order valence-electron chi connectivity index (χ4n) is 3.20. The molecule has 0 aromatic heterocycles. The van der Waals surface area contributed by atoms with Gasteiger partial charge in [0.05, 0.1) is 71.5 Å². The van der Waals surface area contributed by atoms with Gasteiger partial charge in [0, 0.05) is 14.2 Å². The van der Waals surface area contributed by atoms with Gasteiger partial charge in [-0.2, -0.15) is 0 Å². The Morgan fingerprint density at radius 1 is 0.516 bits per heavy atom. The molecule has 0 bridgehead atoms. The molecule has 2 aromatic rings. The van der Waals surface area contributed by atoms with Crippen molar-refractivity contribution in [3.8, 4) is 0 Å². The van der Waals surface area contributed by atoms with E-state index in [2.05, 4.69) is 0 Å². The Morgan fingerprint density at radius 2 is 0.903 bits per heavy atom. The molecule has 0 heterocycles. The molecule has 2 aromatic carbocycles. The second kappa shape index (κ2) is 15.9. The Kier molecular flexibility index (Phi) is 13.1. The van der Waals surface area contributed by atoms with Crippen LogP contribution in [0.4, 0.5) is 0 Å². The number of ether oxygens (including phenoxy) is 6. The molecule has 0 atom stereocenters. The Balaban J connectivity index is 1.64. The van der Waals surface area contributed by atoms with E-state index in [4.69, 9.17) is 28.4 Å². The number of benzene rings is 2. The molecule has 0 unspecified atom stereocenters. The lowest BCUT2D eigenvalue weighted by Crippen LogP contribution is -2.41. The van der Waals surface area contributed by atoms with Crippen LogP contribution in [0.2, 0.25) is 0 Å². The first-order chi connectivity index (χ1) is 15.3. The highest BCUT2D eigenvalue weighted by Gasteiger charge is 2.31. The third-order valence-corrected chi connectivity index (χ3v) is 4.68. The summed E-state index contributed by atoms with van der Waals surface area (Å²) >= 11 is 0. The van der Waals surface area contributed by atoms with Crippen LogP contribution in [0.5, 0.6) is 0 Å². The SMILES string of the molecule is COCC(COC)(COCCOCc1ccccc1)COCCOCc1ccccc1. The molecule has 172 valence electrons. The molecular formula is C25H36O6. The van der Waals surface area contributed by atoms with Crippen molar-refractivity contribution < 1.29 is 28.4 Å². The Morgan fingerprint density at radius 3 is 1.29 bits per heavy atom. The van der Waals surface area contributed by atoms with Crippen LogP contribution in [0.3, 0.4) is 0 Å². The van der Waals surface area contributed by atoms with Crippen LogP contribution in [0.15, 0.2) is 60.7 Å². The Bertz CT molecular complexity index is 605. The second-order valence-corrected chi connectivity index (χ2v) is 7.55. The third kappa shape index (κ3) is 10.9. The molecular weight excluding hydrogens is 396 g/mol. The minimum atomic E-state index is -0.373. The molecule has 0 fully saturated rings. The van der Waals surface area contributed by atoms with Crippen LogP contribution >= 0.6 is 0 Å². The molecule has 0 spiro atoms. The van der Waals surface area contributed by atoms with Crippen molar-refractivity contribution in [3.63, 3.8) is 0 Å². The standard InChI is InChI=1S/C25H36O6/c1-26-19-25(20-27-2,21-30-15-13-28-17-23-9-5-3-6-10-23)22-31-16-14-29-18-24-11-7-4-8-12-24/h3-12H,13-22H2,1-2H3. The maximum absolute atomic E-state index is 5.88. The fraction of sp³-hybridized carbons (Fsp3) is 0.520. The zero-order valence-corrected chi connectivity index (χ0v) is 18.8.